The SMILES string of the molecule is C=C(C)C(=O)OC.C=C(C)C(=O)OCCCCCCCCCCCCCCCCCC.C=C(C)C(=O)OCCO. The highest BCUT2D eigenvalue weighted by molar-refractivity contribution is 5.87. The minimum atomic E-state index is -0.455. The predicted octanol–water partition coefficient (Wildman–Crippen LogP) is 8.20. The molecule has 0 aliphatic heterocycles. The van der Waals surface area contributed by atoms with Crippen LogP contribution in [0.3, 0.4) is 0 Å². The van der Waals surface area contributed by atoms with Gasteiger partial charge in [0.1, 0.15) is 6.61 Å². The Bertz CT molecular complexity index is 682. The smallest absolute Gasteiger partial charge is 0.333 e. The van der Waals surface area contributed by atoms with E-state index in [1.54, 1.807) is 20.8 Å². The van der Waals surface area contributed by atoms with Gasteiger partial charge in [0.15, 0.2) is 0 Å². The first-order chi connectivity index (χ1) is 19.0. The zero-order valence-electron chi connectivity index (χ0n) is 26.5. The number of ether oxygens (including phenoxy) is 3. The molecule has 0 amide bonds. The van der Waals surface area contributed by atoms with Gasteiger partial charge in [-0.15, -0.1) is 0 Å². The first-order valence-corrected chi connectivity index (χ1v) is 15.0. The second kappa shape index (κ2) is 32.8. The topological polar surface area (TPSA) is 99.1 Å². The molecule has 0 aliphatic rings. The number of aliphatic hydroxyl groups excluding tert-OH is 1. The maximum absolute atomic E-state index is 11.2. The molecule has 0 aliphatic carbocycles. The van der Waals surface area contributed by atoms with Gasteiger partial charge >= 0.3 is 17.9 Å². The number of rotatable bonds is 22. The summed E-state index contributed by atoms with van der Waals surface area (Å²) in [5.41, 5.74) is 1.28. The number of hydrogen-bond acceptors (Lipinski definition) is 7. The van der Waals surface area contributed by atoms with Crippen molar-refractivity contribution in [1.29, 1.82) is 0 Å². The fourth-order valence-electron chi connectivity index (χ4n) is 3.37. The van der Waals surface area contributed by atoms with Crippen molar-refractivity contribution in [3.63, 3.8) is 0 Å². The number of unbranched alkanes of at least 4 members (excludes halogenated alkanes) is 15. The molecule has 0 saturated heterocycles. The van der Waals surface area contributed by atoms with E-state index in [2.05, 4.69) is 36.1 Å². The first-order valence-electron chi connectivity index (χ1n) is 15.0. The number of methoxy groups -OCH3 is 1. The zero-order chi connectivity index (χ0) is 31.0. The Hall–Kier alpha value is -2.41. The molecular weight excluding hydrogens is 508 g/mol. The van der Waals surface area contributed by atoms with Crippen LogP contribution in [0.15, 0.2) is 36.5 Å². The molecule has 234 valence electrons. The van der Waals surface area contributed by atoms with Crippen LogP contribution < -0.4 is 0 Å². The maximum atomic E-state index is 11.2. The summed E-state index contributed by atoms with van der Waals surface area (Å²) < 4.78 is 13.8. The van der Waals surface area contributed by atoms with Gasteiger partial charge in [0.2, 0.25) is 0 Å². The van der Waals surface area contributed by atoms with E-state index < -0.39 is 5.97 Å². The van der Waals surface area contributed by atoms with Gasteiger partial charge in [-0.3, -0.25) is 0 Å². The van der Waals surface area contributed by atoms with Crippen LogP contribution in [0.4, 0.5) is 0 Å². The molecule has 0 spiro atoms. The van der Waals surface area contributed by atoms with E-state index >= 15 is 0 Å². The summed E-state index contributed by atoms with van der Waals surface area (Å²) in [6.07, 6.45) is 21.7. The van der Waals surface area contributed by atoms with E-state index in [9.17, 15) is 14.4 Å². The molecule has 0 saturated carbocycles. The van der Waals surface area contributed by atoms with Crippen molar-refractivity contribution in [1.82, 2.24) is 0 Å². The Morgan fingerprint density at radius 3 is 1.07 bits per heavy atom. The lowest BCUT2D eigenvalue weighted by molar-refractivity contribution is -0.140. The average Bonchev–Trinajstić information content (AvgIpc) is 2.93. The summed E-state index contributed by atoms with van der Waals surface area (Å²) in [5.74, 6) is -1.06. The van der Waals surface area contributed by atoms with E-state index in [0.29, 0.717) is 23.3 Å². The number of hydrogen-bond donors (Lipinski definition) is 1. The Morgan fingerprint density at radius 2 is 0.825 bits per heavy atom. The summed E-state index contributed by atoms with van der Waals surface area (Å²) in [7, 11) is 1.33. The van der Waals surface area contributed by atoms with Gasteiger partial charge in [0.25, 0.3) is 0 Å². The van der Waals surface area contributed by atoms with Crippen LogP contribution >= 0.6 is 0 Å². The Labute approximate surface area is 245 Å². The van der Waals surface area contributed by atoms with Crippen LogP contribution in [0, 0.1) is 0 Å². The summed E-state index contributed by atoms with van der Waals surface area (Å²) in [4.78, 5) is 31.8. The van der Waals surface area contributed by atoms with Crippen LogP contribution in [0.5, 0.6) is 0 Å². The normalized spacial score (nSPS) is 9.75. The van der Waals surface area contributed by atoms with E-state index in [1.165, 1.54) is 103 Å². The van der Waals surface area contributed by atoms with Crippen molar-refractivity contribution in [3.05, 3.63) is 36.5 Å². The third kappa shape index (κ3) is 35.6. The average molecular weight is 569 g/mol. The summed E-state index contributed by atoms with van der Waals surface area (Å²) in [5, 5.41) is 8.19. The first kappa shape index (κ1) is 42.1. The molecule has 7 nitrogen and oxygen atoms in total. The monoisotopic (exact) mass is 568 g/mol. The fraction of sp³-hybridized carbons (Fsp3) is 0.727. The highest BCUT2D eigenvalue weighted by Gasteiger charge is 2.02. The van der Waals surface area contributed by atoms with Gasteiger partial charge in [-0.05, 0) is 27.2 Å². The van der Waals surface area contributed by atoms with Gasteiger partial charge in [-0.25, -0.2) is 14.4 Å². The molecule has 0 atom stereocenters. The molecule has 0 fully saturated rings. The standard InChI is InChI=1S/C22H42O2.C6H10O3.C5H8O2/c1-4-5-6-7-8-9-10-11-12-13-14-15-16-17-18-19-20-24-22(23)21(2)3;1-5(2)6(8)9-4-3-7;1-4(2)5(6)7-3/h2,4-20H2,1,3H3;7H,1,3-4H2,2H3;1H2,2-3H3. The van der Waals surface area contributed by atoms with Crippen molar-refractivity contribution in [2.45, 2.75) is 130 Å². The summed E-state index contributed by atoms with van der Waals surface area (Å²) >= 11 is 0. The largest absolute Gasteiger partial charge is 0.466 e. The van der Waals surface area contributed by atoms with Crippen LogP contribution in [0.25, 0.3) is 0 Å². The van der Waals surface area contributed by atoms with Crippen LogP contribution in [-0.2, 0) is 28.6 Å². The number of carbonyl (C=O) groups is 3. The van der Waals surface area contributed by atoms with Gasteiger partial charge in [-0.2, -0.15) is 0 Å². The highest BCUT2D eigenvalue weighted by Crippen LogP contribution is 2.13. The van der Waals surface area contributed by atoms with E-state index in [1.807, 2.05) is 0 Å². The maximum Gasteiger partial charge on any atom is 0.333 e. The summed E-state index contributed by atoms with van der Waals surface area (Å²) in [6, 6.07) is 0. The third-order valence-corrected chi connectivity index (χ3v) is 5.79. The fourth-order valence-corrected chi connectivity index (χ4v) is 3.37. The summed E-state index contributed by atoms with van der Waals surface area (Å²) in [6.45, 7) is 17.9. The van der Waals surface area contributed by atoms with Gasteiger partial charge in [-0.1, -0.05) is 123 Å². The van der Waals surface area contributed by atoms with E-state index in [0.717, 1.165) is 6.42 Å². The second-order valence-electron chi connectivity index (χ2n) is 10.1. The van der Waals surface area contributed by atoms with E-state index in [-0.39, 0.29) is 25.2 Å². The van der Waals surface area contributed by atoms with Gasteiger partial charge in [0.05, 0.1) is 20.3 Å². The van der Waals surface area contributed by atoms with Gasteiger partial charge in [0, 0.05) is 16.7 Å². The molecule has 0 radical (unpaired) electrons. The Morgan fingerprint density at radius 1 is 0.525 bits per heavy atom. The molecule has 0 bridgehead atoms. The Kier molecular flexibility index (Phi) is 34.5. The molecular formula is C33H60O7. The Balaban J connectivity index is -0.000000695. The second-order valence-corrected chi connectivity index (χ2v) is 10.1. The van der Waals surface area contributed by atoms with Crippen molar-refractivity contribution in [2.24, 2.45) is 0 Å². The lowest BCUT2D eigenvalue weighted by Gasteiger charge is -2.05. The van der Waals surface area contributed by atoms with Crippen molar-refractivity contribution in [3.8, 4) is 0 Å². The van der Waals surface area contributed by atoms with Crippen molar-refractivity contribution in [2.75, 3.05) is 26.9 Å². The predicted molar refractivity (Wildman–Crippen MR) is 165 cm³/mol. The van der Waals surface area contributed by atoms with Crippen molar-refractivity contribution < 1.29 is 33.7 Å². The lowest BCUT2D eigenvalue weighted by atomic mass is 10.0. The zero-order valence-corrected chi connectivity index (χ0v) is 26.5. The molecule has 0 aromatic heterocycles. The van der Waals surface area contributed by atoms with Gasteiger partial charge < -0.3 is 19.3 Å². The minimum absolute atomic E-state index is 0.0473. The molecule has 0 aromatic rings. The van der Waals surface area contributed by atoms with Crippen LogP contribution in [0.1, 0.15) is 130 Å². The quantitative estimate of drug-likeness (QED) is 0.0608. The molecule has 1 N–H and O–H groups in total. The van der Waals surface area contributed by atoms with Crippen LogP contribution in [-0.4, -0.2) is 49.9 Å². The number of carbonyl (C=O) groups excluding carboxylic acids is 3. The third-order valence-electron chi connectivity index (χ3n) is 5.79. The molecule has 40 heavy (non-hydrogen) atoms. The number of aliphatic hydroxyl groups is 1. The molecule has 7 heteroatoms. The molecule has 0 unspecified atom stereocenters. The minimum Gasteiger partial charge on any atom is -0.466 e. The molecule has 0 heterocycles. The van der Waals surface area contributed by atoms with Crippen molar-refractivity contribution >= 4 is 17.9 Å². The molecule has 0 rings (SSSR count). The highest BCUT2D eigenvalue weighted by atomic mass is 16.5. The van der Waals surface area contributed by atoms with E-state index in [4.69, 9.17) is 9.84 Å². The van der Waals surface area contributed by atoms with Crippen LogP contribution in [0.2, 0.25) is 0 Å². The molecule has 0 aromatic carbocycles. The number of esters is 3. The lowest BCUT2D eigenvalue weighted by Crippen LogP contribution is -2.08.